The summed E-state index contributed by atoms with van der Waals surface area (Å²) in [5, 5.41) is 6.78. The molecule has 24 heavy (non-hydrogen) atoms. The fraction of sp³-hybridized carbons (Fsp3) is 0.278. The number of benzene rings is 1. The highest BCUT2D eigenvalue weighted by molar-refractivity contribution is 6.05. The van der Waals surface area contributed by atoms with E-state index in [0.29, 0.717) is 29.5 Å². The summed E-state index contributed by atoms with van der Waals surface area (Å²) < 4.78 is 7.18. The normalized spacial score (nSPS) is 11.0. The molecule has 1 N–H and O–H groups in total. The Labute approximate surface area is 140 Å². The SMILES string of the molecule is Cc1noc(C(C)C)c1C(=O)Nc1nccn1Cc1ccccc1. The lowest BCUT2D eigenvalue weighted by molar-refractivity contribution is 0.102. The van der Waals surface area contributed by atoms with Crippen LogP contribution in [0, 0.1) is 6.92 Å². The lowest BCUT2D eigenvalue weighted by Gasteiger charge is -2.10. The Morgan fingerprint density at radius 2 is 2.04 bits per heavy atom. The van der Waals surface area contributed by atoms with Crippen molar-refractivity contribution >= 4 is 11.9 Å². The summed E-state index contributed by atoms with van der Waals surface area (Å²) in [6.45, 7) is 6.33. The first kappa shape index (κ1) is 16.0. The van der Waals surface area contributed by atoms with Crippen molar-refractivity contribution in [3.05, 3.63) is 65.3 Å². The first-order chi connectivity index (χ1) is 11.6. The minimum Gasteiger partial charge on any atom is -0.360 e. The van der Waals surface area contributed by atoms with Crippen molar-refractivity contribution in [1.29, 1.82) is 0 Å². The van der Waals surface area contributed by atoms with Crippen LogP contribution in [-0.4, -0.2) is 20.6 Å². The summed E-state index contributed by atoms with van der Waals surface area (Å²) in [5.41, 5.74) is 2.20. The van der Waals surface area contributed by atoms with Gasteiger partial charge in [-0.1, -0.05) is 49.3 Å². The summed E-state index contributed by atoms with van der Waals surface area (Å²) in [6.07, 6.45) is 3.51. The fourth-order valence-electron chi connectivity index (χ4n) is 2.56. The predicted molar refractivity (Wildman–Crippen MR) is 91.1 cm³/mol. The Morgan fingerprint density at radius 1 is 1.29 bits per heavy atom. The molecule has 3 rings (SSSR count). The van der Waals surface area contributed by atoms with Crippen LogP contribution in [0.4, 0.5) is 5.95 Å². The number of anilines is 1. The Bertz CT molecular complexity index is 834. The molecule has 0 aliphatic heterocycles. The molecular weight excluding hydrogens is 304 g/mol. The molecule has 0 spiro atoms. The van der Waals surface area contributed by atoms with Crippen LogP contribution in [0.3, 0.4) is 0 Å². The molecule has 0 saturated heterocycles. The zero-order chi connectivity index (χ0) is 17.1. The summed E-state index contributed by atoms with van der Waals surface area (Å²) in [7, 11) is 0. The fourth-order valence-corrected chi connectivity index (χ4v) is 2.56. The maximum atomic E-state index is 12.7. The van der Waals surface area contributed by atoms with E-state index in [4.69, 9.17) is 4.52 Å². The van der Waals surface area contributed by atoms with Crippen LogP contribution in [-0.2, 0) is 6.54 Å². The van der Waals surface area contributed by atoms with Gasteiger partial charge < -0.3 is 9.09 Å². The van der Waals surface area contributed by atoms with Crippen molar-refractivity contribution in [1.82, 2.24) is 14.7 Å². The Morgan fingerprint density at radius 3 is 2.75 bits per heavy atom. The first-order valence-electron chi connectivity index (χ1n) is 7.89. The zero-order valence-electron chi connectivity index (χ0n) is 14.0. The molecule has 0 fully saturated rings. The highest BCUT2D eigenvalue weighted by Crippen LogP contribution is 2.23. The lowest BCUT2D eigenvalue weighted by Crippen LogP contribution is -2.18. The van der Waals surface area contributed by atoms with Gasteiger partial charge in [-0.25, -0.2) is 4.98 Å². The molecule has 1 aromatic carbocycles. The third-order valence-corrected chi connectivity index (χ3v) is 3.78. The number of aromatic nitrogens is 3. The number of imidazole rings is 1. The van der Waals surface area contributed by atoms with E-state index in [1.165, 1.54) is 0 Å². The zero-order valence-corrected chi connectivity index (χ0v) is 14.0. The molecule has 0 aliphatic rings. The van der Waals surface area contributed by atoms with Crippen molar-refractivity contribution in [3.63, 3.8) is 0 Å². The standard InChI is InChI=1S/C18H20N4O2/c1-12(2)16-15(13(3)21-24-16)17(23)20-18-19-9-10-22(18)11-14-7-5-4-6-8-14/h4-10,12H,11H2,1-3H3,(H,19,20,23). The van der Waals surface area contributed by atoms with Crippen LogP contribution in [0.2, 0.25) is 0 Å². The maximum absolute atomic E-state index is 12.7. The summed E-state index contributed by atoms with van der Waals surface area (Å²) >= 11 is 0. The average Bonchev–Trinajstić information content (AvgIpc) is 3.15. The minimum atomic E-state index is -0.252. The molecule has 124 valence electrons. The van der Waals surface area contributed by atoms with Gasteiger partial charge in [0, 0.05) is 18.3 Å². The number of nitrogens with zero attached hydrogens (tertiary/aromatic N) is 3. The van der Waals surface area contributed by atoms with E-state index in [2.05, 4.69) is 15.5 Å². The third-order valence-electron chi connectivity index (χ3n) is 3.78. The minimum absolute atomic E-state index is 0.0796. The summed E-state index contributed by atoms with van der Waals surface area (Å²) in [5.74, 6) is 0.916. The number of nitrogens with one attached hydrogen (secondary N) is 1. The second kappa shape index (κ2) is 6.70. The number of amides is 1. The van der Waals surface area contributed by atoms with Crippen LogP contribution >= 0.6 is 0 Å². The van der Waals surface area contributed by atoms with E-state index in [-0.39, 0.29) is 11.8 Å². The molecule has 0 aliphatic carbocycles. The molecule has 0 bridgehead atoms. The topological polar surface area (TPSA) is 73.0 Å². The molecule has 6 heteroatoms. The van der Waals surface area contributed by atoms with E-state index in [1.807, 2.05) is 54.9 Å². The molecule has 1 amide bonds. The molecule has 6 nitrogen and oxygen atoms in total. The van der Waals surface area contributed by atoms with Gasteiger partial charge in [0.05, 0.1) is 12.2 Å². The molecule has 0 atom stereocenters. The third kappa shape index (κ3) is 3.22. The van der Waals surface area contributed by atoms with Gasteiger partial charge in [0.15, 0.2) is 5.76 Å². The Balaban J connectivity index is 1.81. The van der Waals surface area contributed by atoms with Crippen LogP contribution in [0.25, 0.3) is 0 Å². The predicted octanol–water partition coefficient (Wildman–Crippen LogP) is 3.60. The van der Waals surface area contributed by atoms with Crippen LogP contribution in [0.5, 0.6) is 0 Å². The lowest BCUT2D eigenvalue weighted by atomic mass is 10.0. The Kier molecular flexibility index (Phi) is 4.46. The number of rotatable bonds is 5. The number of carbonyl (C=O) groups excluding carboxylic acids is 1. The van der Waals surface area contributed by atoms with E-state index >= 15 is 0 Å². The molecule has 3 aromatic rings. The van der Waals surface area contributed by atoms with Gasteiger partial charge in [0.1, 0.15) is 5.56 Å². The maximum Gasteiger partial charge on any atom is 0.263 e. The smallest absolute Gasteiger partial charge is 0.263 e. The molecule has 2 aromatic heterocycles. The second-order valence-corrected chi connectivity index (χ2v) is 5.98. The highest BCUT2D eigenvalue weighted by atomic mass is 16.5. The van der Waals surface area contributed by atoms with Gasteiger partial charge in [-0.05, 0) is 12.5 Å². The van der Waals surface area contributed by atoms with E-state index in [1.54, 1.807) is 13.1 Å². The highest BCUT2D eigenvalue weighted by Gasteiger charge is 2.23. The van der Waals surface area contributed by atoms with E-state index in [9.17, 15) is 4.79 Å². The van der Waals surface area contributed by atoms with Gasteiger partial charge in [0.25, 0.3) is 5.91 Å². The average molecular weight is 324 g/mol. The first-order valence-corrected chi connectivity index (χ1v) is 7.89. The number of aryl methyl sites for hydroxylation is 1. The van der Waals surface area contributed by atoms with Gasteiger partial charge in [0.2, 0.25) is 5.95 Å². The van der Waals surface area contributed by atoms with Gasteiger partial charge in [-0.15, -0.1) is 0 Å². The second-order valence-electron chi connectivity index (χ2n) is 5.98. The molecule has 2 heterocycles. The largest absolute Gasteiger partial charge is 0.360 e. The van der Waals surface area contributed by atoms with Crippen molar-refractivity contribution in [2.75, 3.05) is 5.32 Å². The van der Waals surface area contributed by atoms with Gasteiger partial charge in [-0.2, -0.15) is 0 Å². The van der Waals surface area contributed by atoms with Crippen molar-refractivity contribution in [2.24, 2.45) is 0 Å². The quantitative estimate of drug-likeness (QED) is 0.778. The van der Waals surface area contributed by atoms with Crippen molar-refractivity contribution < 1.29 is 9.32 Å². The number of carbonyl (C=O) groups is 1. The molecule has 0 radical (unpaired) electrons. The Hall–Kier alpha value is -2.89. The monoisotopic (exact) mass is 324 g/mol. The molecule has 0 unspecified atom stereocenters. The number of hydrogen-bond acceptors (Lipinski definition) is 4. The van der Waals surface area contributed by atoms with Crippen LogP contribution in [0.1, 0.15) is 47.1 Å². The van der Waals surface area contributed by atoms with Gasteiger partial charge >= 0.3 is 0 Å². The number of hydrogen-bond donors (Lipinski definition) is 1. The van der Waals surface area contributed by atoms with Crippen LogP contribution in [0.15, 0.2) is 47.2 Å². The van der Waals surface area contributed by atoms with E-state index < -0.39 is 0 Å². The summed E-state index contributed by atoms with van der Waals surface area (Å²) in [6, 6.07) is 10.0. The van der Waals surface area contributed by atoms with E-state index in [0.717, 1.165) is 5.56 Å². The summed E-state index contributed by atoms with van der Waals surface area (Å²) in [4.78, 5) is 16.9. The van der Waals surface area contributed by atoms with Gasteiger partial charge in [-0.3, -0.25) is 10.1 Å². The molecular formula is C18H20N4O2. The van der Waals surface area contributed by atoms with Crippen LogP contribution < -0.4 is 5.32 Å². The molecule has 0 saturated carbocycles. The van der Waals surface area contributed by atoms with Crippen molar-refractivity contribution in [3.8, 4) is 0 Å². The van der Waals surface area contributed by atoms with Crippen molar-refractivity contribution in [2.45, 2.75) is 33.2 Å².